The van der Waals surface area contributed by atoms with Crippen molar-refractivity contribution in [2.24, 2.45) is 0 Å². The van der Waals surface area contributed by atoms with E-state index in [4.69, 9.17) is 0 Å². The van der Waals surface area contributed by atoms with E-state index in [9.17, 15) is 15.3 Å². The maximum Gasteiger partial charge on any atom is 0.262 e. The summed E-state index contributed by atoms with van der Waals surface area (Å²) in [6.45, 7) is 4.32. The van der Waals surface area contributed by atoms with Crippen molar-refractivity contribution < 1.29 is 4.79 Å². The number of thiophene rings is 1. The summed E-state index contributed by atoms with van der Waals surface area (Å²) in [5.41, 5.74) is 5.70. The van der Waals surface area contributed by atoms with Gasteiger partial charge in [0.05, 0.1) is 5.56 Å². The van der Waals surface area contributed by atoms with Crippen LogP contribution in [-0.4, -0.2) is 10.5 Å². The molecule has 0 saturated carbocycles. The molecule has 1 aliphatic rings. The predicted molar refractivity (Wildman–Crippen MR) is 126 cm³/mol. The molecule has 0 bridgehead atoms. The number of benzene rings is 1. The number of carbonyl (C=O) groups is 1. The van der Waals surface area contributed by atoms with Gasteiger partial charge in [0.1, 0.15) is 22.7 Å². The quantitative estimate of drug-likeness (QED) is 0.441. The lowest BCUT2D eigenvalue weighted by atomic mass is 9.96. The number of nitrogens with one attached hydrogen (secondary N) is 1. The summed E-state index contributed by atoms with van der Waals surface area (Å²) >= 11 is 1.69. The van der Waals surface area contributed by atoms with Gasteiger partial charge >= 0.3 is 0 Å². The highest BCUT2D eigenvalue weighted by Crippen LogP contribution is 2.38. The number of nitrogens with zero attached hydrogens (tertiary/aromatic N) is 3. The Kier molecular flexibility index (Phi) is 6.25. The summed E-state index contributed by atoms with van der Waals surface area (Å²) in [7, 11) is 0. The molecule has 1 aromatic carbocycles. The van der Waals surface area contributed by atoms with E-state index in [1.807, 2.05) is 56.3 Å². The van der Waals surface area contributed by atoms with Crippen molar-refractivity contribution in [1.82, 2.24) is 9.88 Å². The average Bonchev–Trinajstić information content (AvgIpc) is 3.31. The molecule has 2 aromatic heterocycles. The minimum absolute atomic E-state index is 0.0622. The molecule has 0 fully saturated rings. The number of aromatic nitrogens is 1. The zero-order valence-corrected chi connectivity index (χ0v) is 19.1. The van der Waals surface area contributed by atoms with Crippen LogP contribution < -0.4 is 5.32 Å². The molecule has 6 heteroatoms. The van der Waals surface area contributed by atoms with Crippen molar-refractivity contribution in [3.63, 3.8) is 0 Å². The highest BCUT2D eigenvalue weighted by molar-refractivity contribution is 7.15. The van der Waals surface area contributed by atoms with Crippen molar-refractivity contribution in [3.8, 4) is 17.1 Å². The third-order valence-corrected chi connectivity index (χ3v) is 7.18. The Labute approximate surface area is 192 Å². The summed E-state index contributed by atoms with van der Waals surface area (Å²) in [5.74, 6) is -0.398. The van der Waals surface area contributed by atoms with Gasteiger partial charge in [-0.3, -0.25) is 4.79 Å². The SMILES string of the molecule is Cc1cc(/C=C(/C#N)C(=O)NCc2ccccc2)c(C)n1-c1sc2c(c1C#N)CCCC2. The number of carbonyl (C=O) groups excluding carboxylic acids is 1. The van der Waals surface area contributed by atoms with Crippen LogP contribution in [0.5, 0.6) is 0 Å². The van der Waals surface area contributed by atoms with Crippen LogP contribution in [0.25, 0.3) is 11.1 Å². The predicted octanol–water partition coefficient (Wildman–Crippen LogP) is 5.13. The Morgan fingerprint density at radius 2 is 1.94 bits per heavy atom. The van der Waals surface area contributed by atoms with Crippen LogP contribution in [-0.2, 0) is 24.2 Å². The second-order valence-electron chi connectivity index (χ2n) is 8.00. The fourth-order valence-corrected chi connectivity index (χ4v) is 5.70. The van der Waals surface area contributed by atoms with Crippen LogP contribution in [0.3, 0.4) is 0 Å². The van der Waals surface area contributed by atoms with Crippen LogP contribution in [0.4, 0.5) is 0 Å². The van der Waals surface area contributed by atoms with Crippen LogP contribution in [0.15, 0.2) is 42.0 Å². The van der Waals surface area contributed by atoms with Crippen molar-refractivity contribution in [2.75, 3.05) is 0 Å². The molecule has 0 spiro atoms. The molecule has 32 heavy (non-hydrogen) atoms. The van der Waals surface area contributed by atoms with Crippen molar-refractivity contribution in [1.29, 1.82) is 10.5 Å². The number of aryl methyl sites for hydroxylation is 2. The summed E-state index contributed by atoms with van der Waals surface area (Å²) in [5, 5.41) is 23.2. The van der Waals surface area contributed by atoms with Gasteiger partial charge in [0.25, 0.3) is 5.91 Å². The molecule has 1 N–H and O–H groups in total. The number of hydrogen-bond acceptors (Lipinski definition) is 4. The van der Waals surface area contributed by atoms with E-state index in [-0.39, 0.29) is 5.57 Å². The van der Waals surface area contributed by atoms with Gasteiger partial charge in [0.15, 0.2) is 0 Å². The molecule has 5 nitrogen and oxygen atoms in total. The number of hydrogen-bond donors (Lipinski definition) is 1. The first kappa shape index (κ1) is 21.6. The molecule has 160 valence electrons. The van der Waals surface area contributed by atoms with E-state index >= 15 is 0 Å². The Morgan fingerprint density at radius 1 is 1.19 bits per heavy atom. The lowest BCUT2D eigenvalue weighted by molar-refractivity contribution is -0.117. The molecule has 0 atom stereocenters. The lowest BCUT2D eigenvalue weighted by Crippen LogP contribution is -2.23. The molecule has 0 saturated heterocycles. The van der Waals surface area contributed by atoms with Gasteiger partial charge in [0, 0.05) is 22.8 Å². The van der Waals surface area contributed by atoms with Gasteiger partial charge in [-0.05, 0) is 68.4 Å². The smallest absolute Gasteiger partial charge is 0.262 e. The van der Waals surface area contributed by atoms with Gasteiger partial charge in [-0.15, -0.1) is 11.3 Å². The Hall–Kier alpha value is -3.61. The topological polar surface area (TPSA) is 81.6 Å². The maximum atomic E-state index is 12.6. The van der Waals surface area contributed by atoms with Gasteiger partial charge < -0.3 is 9.88 Å². The highest BCUT2D eigenvalue weighted by Gasteiger charge is 2.24. The summed E-state index contributed by atoms with van der Waals surface area (Å²) in [6, 6.07) is 16.0. The number of rotatable bonds is 5. The second kappa shape index (κ2) is 9.26. The number of nitriles is 2. The second-order valence-corrected chi connectivity index (χ2v) is 9.09. The maximum absolute atomic E-state index is 12.6. The van der Waals surface area contributed by atoms with Gasteiger partial charge in [0.2, 0.25) is 0 Å². The Bertz CT molecular complexity index is 1280. The van der Waals surface area contributed by atoms with Crippen LogP contribution in [0, 0.1) is 36.5 Å². The van der Waals surface area contributed by atoms with Crippen LogP contribution >= 0.6 is 11.3 Å². The van der Waals surface area contributed by atoms with Crippen molar-refractivity contribution in [2.45, 2.75) is 46.1 Å². The fourth-order valence-electron chi connectivity index (χ4n) is 4.25. The largest absolute Gasteiger partial charge is 0.347 e. The molecule has 3 aromatic rings. The zero-order chi connectivity index (χ0) is 22.7. The molecule has 1 aliphatic carbocycles. The molecule has 1 amide bonds. The zero-order valence-electron chi connectivity index (χ0n) is 18.2. The summed E-state index contributed by atoms with van der Waals surface area (Å²) in [4.78, 5) is 13.9. The molecule has 0 aliphatic heterocycles. The lowest BCUT2D eigenvalue weighted by Gasteiger charge is -2.10. The van der Waals surface area contributed by atoms with Crippen molar-refractivity contribution >= 4 is 23.3 Å². The molecule has 2 heterocycles. The first-order chi connectivity index (χ1) is 15.5. The van der Waals surface area contributed by atoms with Crippen LogP contribution in [0.2, 0.25) is 0 Å². The highest BCUT2D eigenvalue weighted by atomic mass is 32.1. The molecule has 4 rings (SSSR count). The van der Waals surface area contributed by atoms with E-state index in [2.05, 4.69) is 16.0 Å². The van der Waals surface area contributed by atoms with Crippen molar-refractivity contribution in [3.05, 3.63) is 80.5 Å². The van der Waals surface area contributed by atoms with E-state index in [1.165, 1.54) is 16.9 Å². The monoisotopic (exact) mass is 440 g/mol. The minimum Gasteiger partial charge on any atom is -0.347 e. The first-order valence-corrected chi connectivity index (χ1v) is 11.5. The summed E-state index contributed by atoms with van der Waals surface area (Å²) < 4.78 is 2.09. The fraction of sp³-hybridized carbons (Fsp3) is 0.269. The first-order valence-electron chi connectivity index (χ1n) is 10.7. The molecule has 0 radical (unpaired) electrons. The number of fused-ring (bicyclic) bond motifs is 1. The van der Waals surface area contributed by atoms with E-state index in [0.717, 1.165) is 52.3 Å². The van der Waals surface area contributed by atoms with E-state index < -0.39 is 5.91 Å². The summed E-state index contributed by atoms with van der Waals surface area (Å²) in [6.07, 6.45) is 5.92. The third kappa shape index (κ3) is 4.10. The molecule has 0 unspecified atom stereocenters. The Morgan fingerprint density at radius 3 is 2.66 bits per heavy atom. The number of amides is 1. The van der Waals surface area contributed by atoms with Crippen LogP contribution in [0.1, 0.15) is 51.4 Å². The molecular formula is C26H24N4OS. The van der Waals surface area contributed by atoms with E-state index in [1.54, 1.807) is 17.4 Å². The van der Waals surface area contributed by atoms with E-state index in [0.29, 0.717) is 6.54 Å². The third-order valence-electron chi connectivity index (χ3n) is 5.90. The Balaban J connectivity index is 1.65. The normalized spacial score (nSPS) is 13.2. The van der Waals surface area contributed by atoms with Gasteiger partial charge in [-0.2, -0.15) is 10.5 Å². The average molecular weight is 441 g/mol. The minimum atomic E-state index is -0.398. The standard InChI is InChI=1S/C26H24N4OS/c1-17-12-20(13-21(14-27)25(31)29-16-19-8-4-3-5-9-19)18(2)30(17)26-23(15-28)22-10-6-7-11-24(22)32-26/h3-5,8-9,12-13H,6-7,10-11,16H2,1-2H3,(H,29,31)/b21-13-. The van der Waals surface area contributed by atoms with Gasteiger partial charge in [-0.1, -0.05) is 30.3 Å². The van der Waals surface area contributed by atoms with Gasteiger partial charge in [-0.25, -0.2) is 0 Å². The molecular weight excluding hydrogens is 416 g/mol.